The van der Waals surface area contributed by atoms with E-state index >= 15 is 0 Å². The second kappa shape index (κ2) is 9.31. The van der Waals surface area contributed by atoms with E-state index in [0.29, 0.717) is 25.9 Å². The predicted octanol–water partition coefficient (Wildman–Crippen LogP) is 4.03. The molecule has 0 aromatic heterocycles. The molecular weight excluding hydrogens is 396 g/mol. The van der Waals surface area contributed by atoms with Gasteiger partial charge in [-0.25, -0.2) is 12.7 Å². The van der Waals surface area contributed by atoms with Crippen molar-refractivity contribution in [2.45, 2.75) is 52.3 Å². The molecule has 1 aliphatic heterocycles. The third kappa shape index (κ3) is 5.29. The number of piperidine rings is 1. The van der Waals surface area contributed by atoms with Crippen molar-refractivity contribution in [1.29, 1.82) is 0 Å². The molecule has 0 aliphatic carbocycles. The second-order valence-electron chi connectivity index (χ2n) is 8.45. The van der Waals surface area contributed by atoms with Crippen molar-refractivity contribution in [3.63, 3.8) is 0 Å². The molecule has 0 bridgehead atoms. The van der Waals surface area contributed by atoms with Gasteiger partial charge in [0.2, 0.25) is 15.9 Å². The molecule has 0 spiro atoms. The van der Waals surface area contributed by atoms with Gasteiger partial charge in [0.15, 0.2) is 0 Å². The summed E-state index contributed by atoms with van der Waals surface area (Å²) < 4.78 is 27.2. The van der Waals surface area contributed by atoms with Crippen LogP contribution in [0.1, 0.15) is 53.6 Å². The van der Waals surface area contributed by atoms with E-state index in [2.05, 4.69) is 37.4 Å². The van der Waals surface area contributed by atoms with Gasteiger partial charge in [-0.2, -0.15) is 0 Å². The van der Waals surface area contributed by atoms with Crippen molar-refractivity contribution in [3.8, 4) is 0 Å². The molecule has 162 valence electrons. The topological polar surface area (TPSA) is 66.5 Å². The highest BCUT2D eigenvalue weighted by Gasteiger charge is 2.31. The molecule has 2 aromatic rings. The minimum atomic E-state index is -3.38. The summed E-state index contributed by atoms with van der Waals surface area (Å²) in [6, 6.07) is 13.7. The fourth-order valence-corrected chi connectivity index (χ4v) is 5.84. The van der Waals surface area contributed by atoms with Crippen molar-refractivity contribution >= 4 is 15.9 Å². The van der Waals surface area contributed by atoms with Crippen molar-refractivity contribution in [3.05, 3.63) is 70.3 Å². The third-order valence-corrected chi connectivity index (χ3v) is 7.90. The smallest absolute Gasteiger partial charge is 0.223 e. The number of hydrogen-bond donors (Lipinski definition) is 1. The van der Waals surface area contributed by atoms with Crippen LogP contribution >= 0.6 is 0 Å². The van der Waals surface area contributed by atoms with Crippen LogP contribution < -0.4 is 5.32 Å². The van der Waals surface area contributed by atoms with Gasteiger partial charge in [-0.3, -0.25) is 4.79 Å². The van der Waals surface area contributed by atoms with Crippen LogP contribution in [0.25, 0.3) is 0 Å². The number of hydrogen-bond acceptors (Lipinski definition) is 3. The molecule has 1 unspecified atom stereocenters. The summed E-state index contributed by atoms with van der Waals surface area (Å²) in [5, 5.41) is 3.12. The van der Waals surface area contributed by atoms with Gasteiger partial charge in [-0.1, -0.05) is 48.0 Å². The summed E-state index contributed by atoms with van der Waals surface area (Å²) in [6.07, 6.45) is 1.11. The van der Waals surface area contributed by atoms with Crippen molar-refractivity contribution in [2.24, 2.45) is 5.92 Å². The maximum absolute atomic E-state index is 12.8. The van der Waals surface area contributed by atoms with Gasteiger partial charge in [-0.05, 0) is 62.8 Å². The number of nitrogens with one attached hydrogen (secondary N) is 1. The van der Waals surface area contributed by atoms with Crippen LogP contribution in [0.5, 0.6) is 0 Å². The number of carbonyl (C=O) groups excluding carboxylic acids is 1. The van der Waals surface area contributed by atoms with Crippen LogP contribution in [0, 0.1) is 26.7 Å². The van der Waals surface area contributed by atoms with Crippen LogP contribution in [0.3, 0.4) is 0 Å². The van der Waals surface area contributed by atoms with E-state index in [4.69, 9.17) is 0 Å². The van der Waals surface area contributed by atoms with Gasteiger partial charge >= 0.3 is 0 Å². The molecule has 2 aromatic carbocycles. The average molecular weight is 429 g/mol. The first-order chi connectivity index (χ1) is 14.2. The van der Waals surface area contributed by atoms with E-state index in [1.165, 1.54) is 15.4 Å². The largest absolute Gasteiger partial charge is 0.349 e. The fourth-order valence-electron chi connectivity index (χ4n) is 4.18. The number of amides is 1. The highest BCUT2D eigenvalue weighted by atomic mass is 32.2. The molecule has 1 saturated heterocycles. The number of carbonyl (C=O) groups is 1. The third-order valence-electron chi connectivity index (χ3n) is 6.07. The Morgan fingerprint density at radius 2 is 1.73 bits per heavy atom. The van der Waals surface area contributed by atoms with E-state index in [1.807, 2.05) is 38.1 Å². The molecule has 1 N–H and O–H groups in total. The van der Waals surface area contributed by atoms with E-state index in [0.717, 1.165) is 16.7 Å². The van der Waals surface area contributed by atoms with E-state index < -0.39 is 10.0 Å². The van der Waals surface area contributed by atoms with Crippen LogP contribution in [-0.4, -0.2) is 31.7 Å². The van der Waals surface area contributed by atoms with Crippen LogP contribution in [-0.2, 0) is 20.6 Å². The van der Waals surface area contributed by atoms with Crippen molar-refractivity contribution in [2.75, 3.05) is 13.1 Å². The zero-order chi connectivity index (χ0) is 21.9. The number of aryl methyl sites for hydroxylation is 3. The summed E-state index contributed by atoms with van der Waals surface area (Å²) in [6.45, 7) is 8.83. The molecule has 0 radical (unpaired) electrons. The summed E-state index contributed by atoms with van der Waals surface area (Å²) in [5.41, 5.74) is 5.30. The maximum Gasteiger partial charge on any atom is 0.223 e. The lowest BCUT2D eigenvalue weighted by Crippen LogP contribution is -2.43. The molecule has 5 nitrogen and oxygen atoms in total. The minimum absolute atomic E-state index is 0.0124. The first-order valence-corrected chi connectivity index (χ1v) is 12.2. The summed E-state index contributed by atoms with van der Waals surface area (Å²) >= 11 is 0. The molecule has 1 atom stereocenters. The lowest BCUT2D eigenvalue weighted by molar-refractivity contribution is -0.126. The van der Waals surface area contributed by atoms with Gasteiger partial charge < -0.3 is 5.32 Å². The molecule has 1 amide bonds. The highest BCUT2D eigenvalue weighted by Crippen LogP contribution is 2.24. The second-order valence-corrected chi connectivity index (χ2v) is 10.4. The molecular formula is C24H32N2O3S. The Kier molecular flexibility index (Phi) is 6.98. The Labute approximate surface area is 180 Å². The SMILES string of the molecule is Cc1ccc(C(C)NC(=O)C2CCN(S(=O)(=O)Cc3ccccc3C)CC2)c(C)c1. The summed E-state index contributed by atoms with van der Waals surface area (Å²) in [7, 11) is -3.38. The van der Waals surface area contributed by atoms with E-state index in [9.17, 15) is 13.2 Å². The molecule has 1 heterocycles. The Morgan fingerprint density at radius 1 is 1.07 bits per heavy atom. The molecule has 0 saturated carbocycles. The van der Waals surface area contributed by atoms with E-state index in [1.54, 1.807) is 0 Å². The first kappa shape index (κ1) is 22.5. The lowest BCUT2D eigenvalue weighted by Gasteiger charge is -2.31. The number of nitrogens with zero attached hydrogens (tertiary/aromatic N) is 1. The predicted molar refractivity (Wildman–Crippen MR) is 121 cm³/mol. The summed E-state index contributed by atoms with van der Waals surface area (Å²) in [4.78, 5) is 12.8. The van der Waals surface area contributed by atoms with Crippen LogP contribution in [0.4, 0.5) is 0 Å². The zero-order valence-electron chi connectivity index (χ0n) is 18.3. The number of rotatable bonds is 6. The Morgan fingerprint density at radius 3 is 2.37 bits per heavy atom. The Balaban J connectivity index is 1.56. The molecule has 1 aliphatic rings. The molecule has 6 heteroatoms. The average Bonchev–Trinajstić information content (AvgIpc) is 2.69. The number of sulfonamides is 1. The zero-order valence-corrected chi connectivity index (χ0v) is 19.1. The minimum Gasteiger partial charge on any atom is -0.349 e. The van der Waals surface area contributed by atoms with Crippen molar-refractivity contribution < 1.29 is 13.2 Å². The van der Waals surface area contributed by atoms with Crippen LogP contribution in [0.15, 0.2) is 42.5 Å². The van der Waals surface area contributed by atoms with Gasteiger partial charge in [0.05, 0.1) is 11.8 Å². The summed E-state index contributed by atoms with van der Waals surface area (Å²) in [5.74, 6) is -0.123. The van der Waals surface area contributed by atoms with Crippen molar-refractivity contribution in [1.82, 2.24) is 9.62 Å². The highest BCUT2D eigenvalue weighted by molar-refractivity contribution is 7.88. The standard InChI is InChI=1S/C24H32N2O3S/c1-17-9-10-23(19(3)15-17)20(4)25-24(27)21-11-13-26(14-12-21)30(28,29)16-22-8-6-5-7-18(22)2/h5-10,15,20-21H,11-14,16H2,1-4H3,(H,25,27). The van der Waals surface area contributed by atoms with Crippen LogP contribution in [0.2, 0.25) is 0 Å². The number of benzene rings is 2. The molecule has 1 fully saturated rings. The Bertz CT molecular complexity index is 1010. The quantitative estimate of drug-likeness (QED) is 0.755. The molecule has 30 heavy (non-hydrogen) atoms. The first-order valence-electron chi connectivity index (χ1n) is 10.6. The fraction of sp³-hybridized carbons (Fsp3) is 0.458. The monoisotopic (exact) mass is 428 g/mol. The van der Waals surface area contributed by atoms with Gasteiger partial charge in [0.1, 0.15) is 0 Å². The molecule has 3 rings (SSSR count). The van der Waals surface area contributed by atoms with Gasteiger partial charge in [0, 0.05) is 19.0 Å². The normalized spacial score (nSPS) is 16.9. The maximum atomic E-state index is 12.8. The van der Waals surface area contributed by atoms with Gasteiger partial charge in [-0.15, -0.1) is 0 Å². The Hall–Kier alpha value is -2.18. The van der Waals surface area contributed by atoms with E-state index in [-0.39, 0.29) is 23.6 Å². The lowest BCUT2D eigenvalue weighted by atomic mass is 9.95. The van der Waals surface area contributed by atoms with Gasteiger partial charge in [0.25, 0.3) is 0 Å².